The van der Waals surface area contributed by atoms with Gasteiger partial charge in [-0.3, -0.25) is 24.1 Å². The van der Waals surface area contributed by atoms with E-state index in [-0.39, 0.29) is 29.6 Å². The van der Waals surface area contributed by atoms with Crippen molar-refractivity contribution in [2.45, 2.75) is 39.0 Å². The van der Waals surface area contributed by atoms with Gasteiger partial charge in [0.1, 0.15) is 11.6 Å². The molecule has 0 unspecified atom stereocenters. The van der Waals surface area contributed by atoms with E-state index in [1.165, 1.54) is 18.1 Å². The van der Waals surface area contributed by atoms with Gasteiger partial charge in [-0.05, 0) is 55.2 Å². The zero-order chi connectivity index (χ0) is 26.8. The predicted molar refractivity (Wildman–Crippen MR) is 136 cm³/mol. The first kappa shape index (κ1) is 27.1. The van der Waals surface area contributed by atoms with Gasteiger partial charge in [-0.1, -0.05) is 31.5 Å². The van der Waals surface area contributed by atoms with Gasteiger partial charge in [0.05, 0.1) is 18.2 Å². The van der Waals surface area contributed by atoms with E-state index in [9.17, 15) is 24.4 Å². The first-order valence-electron chi connectivity index (χ1n) is 12.1. The van der Waals surface area contributed by atoms with Crippen LogP contribution in [0.15, 0.2) is 48.0 Å². The number of esters is 1. The Morgan fingerprint density at radius 1 is 1.03 bits per heavy atom. The first-order valence-corrected chi connectivity index (χ1v) is 12.1. The number of amides is 3. The highest BCUT2D eigenvalue weighted by molar-refractivity contribution is 6.21. The second-order valence-electron chi connectivity index (χ2n) is 8.43. The van der Waals surface area contributed by atoms with Crippen LogP contribution in [0.1, 0.15) is 65.3 Å². The summed E-state index contributed by atoms with van der Waals surface area (Å²) < 4.78 is 10.7. The molecule has 3 amide bonds. The number of unbranched alkanes of at least 4 members (excludes halogenated alkanes) is 2. The van der Waals surface area contributed by atoms with E-state index >= 15 is 0 Å². The smallest absolute Gasteiger partial charge is 0.311 e. The molecule has 1 N–H and O–H groups in total. The zero-order valence-corrected chi connectivity index (χ0v) is 20.9. The number of carbonyl (C=O) groups is 4. The number of rotatable bonds is 12. The van der Waals surface area contributed by atoms with Gasteiger partial charge in [0.15, 0.2) is 11.5 Å². The monoisotopic (exact) mass is 503 g/mol. The number of benzene rings is 2. The summed E-state index contributed by atoms with van der Waals surface area (Å²) in [6.45, 7) is 2.68. The van der Waals surface area contributed by atoms with Crippen LogP contribution in [0.3, 0.4) is 0 Å². The highest BCUT2D eigenvalue weighted by Gasteiger charge is 2.34. The highest BCUT2D eigenvalue weighted by atomic mass is 16.6. The van der Waals surface area contributed by atoms with Gasteiger partial charge >= 0.3 is 5.97 Å². The maximum absolute atomic E-state index is 12.4. The third-order valence-corrected chi connectivity index (χ3v) is 5.76. The van der Waals surface area contributed by atoms with Gasteiger partial charge in [0, 0.05) is 19.5 Å². The standard InChI is InChI=1S/C28H29N3O6/c1-3-14-30-26(33)20(18-29)16-19-12-13-23(24(17-19)36-2)37-25(32)11-5-4-8-15-31-27(34)21-9-6-7-10-22(21)28(31)35/h6-7,9-10,12-13,16-17H,3-5,8,11,14-15H2,1-2H3,(H,30,33)/b20-16+. The van der Waals surface area contributed by atoms with Crippen LogP contribution in [-0.4, -0.2) is 48.8 Å². The average molecular weight is 504 g/mol. The van der Waals surface area contributed by atoms with Crippen LogP contribution in [-0.2, 0) is 9.59 Å². The number of ether oxygens (including phenoxy) is 2. The molecule has 9 nitrogen and oxygen atoms in total. The summed E-state index contributed by atoms with van der Waals surface area (Å²) in [7, 11) is 1.43. The molecule has 0 saturated carbocycles. The molecule has 0 saturated heterocycles. The molecule has 1 aliphatic rings. The van der Waals surface area contributed by atoms with Crippen molar-refractivity contribution < 1.29 is 28.7 Å². The molecule has 0 atom stereocenters. The van der Waals surface area contributed by atoms with E-state index < -0.39 is 11.9 Å². The quantitative estimate of drug-likeness (QED) is 0.116. The average Bonchev–Trinajstić information content (AvgIpc) is 3.15. The first-order chi connectivity index (χ1) is 17.9. The largest absolute Gasteiger partial charge is 0.493 e. The van der Waals surface area contributed by atoms with Gasteiger partial charge in [-0.2, -0.15) is 5.26 Å². The van der Waals surface area contributed by atoms with E-state index in [1.807, 2.05) is 13.0 Å². The van der Waals surface area contributed by atoms with Crippen LogP contribution < -0.4 is 14.8 Å². The van der Waals surface area contributed by atoms with Crippen LogP contribution in [0.5, 0.6) is 11.5 Å². The number of fused-ring (bicyclic) bond motifs is 1. The van der Waals surface area contributed by atoms with Gasteiger partial charge in [-0.25, -0.2) is 0 Å². The third-order valence-electron chi connectivity index (χ3n) is 5.76. The van der Waals surface area contributed by atoms with Gasteiger partial charge < -0.3 is 14.8 Å². The van der Waals surface area contributed by atoms with Crippen molar-refractivity contribution in [1.82, 2.24) is 10.2 Å². The van der Waals surface area contributed by atoms with Crippen molar-refractivity contribution >= 4 is 29.8 Å². The molecule has 1 heterocycles. The molecule has 192 valence electrons. The lowest BCUT2D eigenvalue weighted by molar-refractivity contribution is -0.134. The molecular weight excluding hydrogens is 474 g/mol. The number of methoxy groups -OCH3 is 1. The number of carbonyl (C=O) groups excluding carboxylic acids is 4. The third kappa shape index (κ3) is 6.82. The zero-order valence-electron chi connectivity index (χ0n) is 20.9. The van der Waals surface area contributed by atoms with Gasteiger partial charge in [0.2, 0.25) is 0 Å². The number of hydrogen-bond acceptors (Lipinski definition) is 7. The summed E-state index contributed by atoms with van der Waals surface area (Å²) in [5.74, 6) is -0.952. The fourth-order valence-corrected chi connectivity index (χ4v) is 3.84. The minimum atomic E-state index is -0.457. The van der Waals surface area contributed by atoms with Crippen LogP contribution in [0.25, 0.3) is 6.08 Å². The predicted octanol–water partition coefficient (Wildman–Crippen LogP) is 3.89. The highest BCUT2D eigenvalue weighted by Crippen LogP contribution is 2.29. The molecule has 0 aromatic heterocycles. The maximum atomic E-state index is 12.4. The second-order valence-corrected chi connectivity index (χ2v) is 8.43. The van der Waals surface area contributed by atoms with Crippen molar-refractivity contribution in [2.75, 3.05) is 20.2 Å². The minimum Gasteiger partial charge on any atom is -0.493 e. The molecule has 3 rings (SSSR count). The van der Waals surface area contributed by atoms with Crippen molar-refractivity contribution in [1.29, 1.82) is 5.26 Å². The van der Waals surface area contributed by atoms with Crippen molar-refractivity contribution in [3.05, 3.63) is 64.7 Å². The molecular formula is C28H29N3O6. The summed E-state index contributed by atoms with van der Waals surface area (Å²) in [6, 6.07) is 13.4. The molecule has 0 bridgehead atoms. The Balaban J connectivity index is 1.48. The van der Waals surface area contributed by atoms with Crippen LogP contribution in [0.2, 0.25) is 0 Å². The molecule has 0 fully saturated rings. The topological polar surface area (TPSA) is 126 Å². The van der Waals surface area contributed by atoms with Crippen LogP contribution >= 0.6 is 0 Å². The summed E-state index contributed by atoms with van der Waals surface area (Å²) in [6.07, 6.45) is 4.10. The minimum absolute atomic E-state index is 0.0403. The molecule has 0 aliphatic carbocycles. The lowest BCUT2D eigenvalue weighted by Crippen LogP contribution is -2.30. The van der Waals surface area contributed by atoms with Crippen molar-refractivity contribution in [2.24, 2.45) is 0 Å². The van der Waals surface area contributed by atoms with E-state index in [2.05, 4.69) is 5.32 Å². The summed E-state index contributed by atoms with van der Waals surface area (Å²) in [4.78, 5) is 50.5. The SMILES string of the molecule is CCCNC(=O)/C(C#N)=C/c1ccc(OC(=O)CCCCCN2C(=O)c3ccccc3C2=O)c(OC)c1. The number of hydrogen-bond donors (Lipinski definition) is 1. The Hall–Kier alpha value is -4.45. The lowest BCUT2D eigenvalue weighted by atomic mass is 10.1. The Morgan fingerprint density at radius 2 is 1.73 bits per heavy atom. The summed E-state index contributed by atoms with van der Waals surface area (Å²) in [5, 5.41) is 11.9. The normalized spacial score (nSPS) is 12.7. The van der Waals surface area contributed by atoms with Crippen LogP contribution in [0, 0.1) is 11.3 Å². The second kappa shape index (κ2) is 13.0. The number of nitrogens with zero attached hydrogens (tertiary/aromatic N) is 2. The Morgan fingerprint density at radius 3 is 2.35 bits per heavy atom. The number of nitriles is 1. The molecule has 0 spiro atoms. The fourth-order valence-electron chi connectivity index (χ4n) is 3.84. The number of nitrogens with one attached hydrogen (secondary N) is 1. The van der Waals surface area contributed by atoms with E-state index in [4.69, 9.17) is 9.47 Å². The van der Waals surface area contributed by atoms with E-state index in [0.29, 0.717) is 54.8 Å². The molecule has 2 aromatic rings. The van der Waals surface area contributed by atoms with E-state index in [1.54, 1.807) is 42.5 Å². The fraction of sp³-hybridized carbons (Fsp3) is 0.321. The van der Waals surface area contributed by atoms with Gasteiger partial charge in [-0.15, -0.1) is 0 Å². The molecule has 9 heteroatoms. The Labute approximate surface area is 215 Å². The lowest BCUT2D eigenvalue weighted by Gasteiger charge is -2.13. The van der Waals surface area contributed by atoms with Gasteiger partial charge in [0.25, 0.3) is 17.7 Å². The van der Waals surface area contributed by atoms with E-state index in [0.717, 1.165) is 6.42 Å². The molecule has 37 heavy (non-hydrogen) atoms. The summed E-state index contributed by atoms with van der Waals surface area (Å²) >= 11 is 0. The summed E-state index contributed by atoms with van der Waals surface area (Å²) in [5.41, 5.74) is 1.36. The molecule has 1 aliphatic heterocycles. The van der Waals surface area contributed by atoms with Crippen LogP contribution in [0.4, 0.5) is 0 Å². The maximum Gasteiger partial charge on any atom is 0.311 e. The molecule has 0 radical (unpaired) electrons. The molecule has 2 aromatic carbocycles. The Kier molecular flexibility index (Phi) is 9.55. The number of imide groups is 1. The Bertz CT molecular complexity index is 1230. The van der Waals surface area contributed by atoms with Crippen molar-refractivity contribution in [3.63, 3.8) is 0 Å². The van der Waals surface area contributed by atoms with Crippen molar-refractivity contribution in [3.8, 4) is 17.6 Å².